The number of carboxylic acid groups (broad SMARTS) is 1. The maximum atomic E-state index is 10.1. The van der Waals surface area contributed by atoms with Gasteiger partial charge in [-0.05, 0) is 5.92 Å². The van der Waals surface area contributed by atoms with Crippen LogP contribution in [0.1, 0.15) is 26.7 Å². The maximum absolute atomic E-state index is 10.1. The van der Waals surface area contributed by atoms with Gasteiger partial charge in [0.05, 0.1) is 12.5 Å². The van der Waals surface area contributed by atoms with Gasteiger partial charge in [0.25, 0.3) is 0 Å². The molecule has 10 heavy (non-hydrogen) atoms. The largest absolute Gasteiger partial charge is 0.481 e. The van der Waals surface area contributed by atoms with Crippen LogP contribution in [0.3, 0.4) is 0 Å². The summed E-state index contributed by atoms with van der Waals surface area (Å²) in [6.07, 6.45) is -0.0220. The third-order valence-electron chi connectivity index (χ3n) is 1.68. The van der Waals surface area contributed by atoms with Crippen molar-refractivity contribution in [1.29, 1.82) is 0 Å². The molecule has 60 valence electrons. The molecular weight excluding hydrogens is 132 g/mol. The van der Waals surface area contributed by atoms with Crippen LogP contribution < -0.4 is 0 Å². The molecule has 0 aliphatic rings. The Morgan fingerprint density at radius 2 is 2.10 bits per heavy atom. The SMILES string of the molecule is CCC(C)C(O)CC(=O)O. The zero-order chi connectivity index (χ0) is 8.15. The molecule has 0 heterocycles. The van der Waals surface area contributed by atoms with Crippen molar-refractivity contribution >= 4 is 5.97 Å². The predicted octanol–water partition coefficient (Wildman–Crippen LogP) is 0.868. The minimum atomic E-state index is -0.937. The second-order valence-electron chi connectivity index (χ2n) is 2.55. The van der Waals surface area contributed by atoms with E-state index in [0.717, 1.165) is 6.42 Å². The molecular formula is C7H14O3. The summed E-state index contributed by atoms with van der Waals surface area (Å²) in [6, 6.07) is 0. The van der Waals surface area contributed by atoms with Crippen LogP contribution in [0.2, 0.25) is 0 Å². The fourth-order valence-corrected chi connectivity index (χ4v) is 0.652. The molecule has 0 aliphatic heterocycles. The summed E-state index contributed by atoms with van der Waals surface area (Å²) in [5.41, 5.74) is 0. The highest BCUT2D eigenvalue weighted by atomic mass is 16.4. The van der Waals surface area contributed by atoms with E-state index in [-0.39, 0.29) is 12.3 Å². The lowest BCUT2D eigenvalue weighted by molar-refractivity contribution is -0.139. The van der Waals surface area contributed by atoms with Crippen molar-refractivity contribution in [2.75, 3.05) is 0 Å². The van der Waals surface area contributed by atoms with Crippen LogP contribution in [0.4, 0.5) is 0 Å². The van der Waals surface area contributed by atoms with Gasteiger partial charge in [-0.15, -0.1) is 0 Å². The van der Waals surface area contributed by atoms with E-state index < -0.39 is 12.1 Å². The Morgan fingerprint density at radius 3 is 2.40 bits per heavy atom. The second kappa shape index (κ2) is 4.28. The van der Waals surface area contributed by atoms with Crippen molar-refractivity contribution in [2.45, 2.75) is 32.8 Å². The number of hydrogen-bond acceptors (Lipinski definition) is 2. The predicted molar refractivity (Wildman–Crippen MR) is 37.7 cm³/mol. The third kappa shape index (κ3) is 3.45. The Kier molecular flexibility index (Phi) is 4.03. The molecule has 0 radical (unpaired) electrons. The smallest absolute Gasteiger partial charge is 0.305 e. The van der Waals surface area contributed by atoms with E-state index in [1.165, 1.54) is 0 Å². The first kappa shape index (κ1) is 9.43. The molecule has 0 aromatic heterocycles. The number of aliphatic carboxylic acids is 1. The molecule has 0 amide bonds. The Balaban J connectivity index is 3.61. The topological polar surface area (TPSA) is 57.5 Å². The van der Waals surface area contributed by atoms with Crippen molar-refractivity contribution in [3.63, 3.8) is 0 Å². The lowest BCUT2D eigenvalue weighted by atomic mass is 10.00. The van der Waals surface area contributed by atoms with Crippen molar-refractivity contribution in [1.82, 2.24) is 0 Å². The van der Waals surface area contributed by atoms with E-state index >= 15 is 0 Å². The average Bonchev–Trinajstić information content (AvgIpc) is 1.85. The monoisotopic (exact) mass is 146 g/mol. The zero-order valence-electron chi connectivity index (χ0n) is 6.37. The van der Waals surface area contributed by atoms with Crippen molar-refractivity contribution < 1.29 is 15.0 Å². The van der Waals surface area contributed by atoms with Crippen molar-refractivity contribution in [2.24, 2.45) is 5.92 Å². The quantitative estimate of drug-likeness (QED) is 0.618. The molecule has 0 fully saturated rings. The molecule has 2 atom stereocenters. The summed E-state index contributed by atoms with van der Waals surface area (Å²) in [5, 5.41) is 17.4. The molecule has 0 rings (SSSR count). The summed E-state index contributed by atoms with van der Waals surface area (Å²) in [4.78, 5) is 10.1. The van der Waals surface area contributed by atoms with Gasteiger partial charge in [-0.1, -0.05) is 20.3 Å². The lowest BCUT2D eigenvalue weighted by Crippen LogP contribution is -2.20. The van der Waals surface area contributed by atoms with E-state index in [0.29, 0.717) is 0 Å². The minimum Gasteiger partial charge on any atom is -0.481 e. The summed E-state index contributed by atoms with van der Waals surface area (Å²) in [5.74, 6) is -0.858. The third-order valence-corrected chi connectivity index (χ3v) is 1.68. The molecule has 0 saturated heterocycles. The minimum absolute atomic E-state index is 0.0797. The summed E-state index contributed by atoms with van der Waals surface area (Å²) in [7, 11) is 0. The molecule has 3 heteroatoms. The first-order chi connectivity index (χ1) is 4.57. The molecule has 2 unspecified atom stereocenters. The van der Waals surface area contributed by atoms with Gasteiger partial charge in [-0.25, -0.2) is 0 Å². The maximum Gasteiger partial charge on any atom is 0.305 e. The number of rotatable bonds is 4. The highest BCUT2D eigenvalue weighted by Crippen LogP contribution is 2.09. The normalized spacial score (nSPS) is 16.3. The molecule has 0 saturated carbocycles. The number of aliphatic hydroxyl groups excluding tert-OH is 1. The summed E-state index contributed by atoms with van der Waals surface area (Å²) in [6.45, 7) is 3.77. The van der Waals surface area contributed by atoms with Crippen molar-refractivity contribution in [3.8, 4) is 0 Å². The Bertz CT molecular complexity index is 111. The van der Waals surface area contributed by atoms with E-state index in [1.54, 1.807) is 0 Å². The number of hydrogen-bond donors (Lipinski definition) is 2. The van der Waals surface area contributed by atoms with Gasteiger partial charge in [0.1, 0.15) is 0 Å². The molecule has 2 N–H and O–H groups in total. The van der Waals surface area contributed by atoms with Gasteiger partial charge >= 0.3 is 5.97 Å². The van der Waals surface area contributed by atoms with Crippen LogP contribution in [0, 0.1) is 5.92 Å². The van der Waals surface area contributed by atoms with Crippen LogP contribution >= 0.6 is 0 Å². The van der Waals surface area contributed by atoms with Gasteiger partial charge < -0.3 is 10.2 Å². The Morgan fingerprint density at radius 1 is 1.60 bits per heavy atom. The van der Waals surface area contributed by atoms with E-state index in [1.807, 2.05) is 13.8 Å². The van der Waals surface area contributed by atoms with Crippen LogP contribution in [0.25, 0.3) is 0 Å². The Hall–Kier alpha value is -0.570. The van der Waals surface area contributed by atoms with Gasteiger partial charge in [0.2, 0.25) is 0 Å². The molecule has 0 bridgehead atoms. The van der Waals surface area contributed by atoms with Crippen LogP contribution in [-0.4, -0.2) is 22.3 Å². The first-order valence-corrected chi connectivity index (χ1v) is 3.47. The number of carboxylic acids is 1. The molecule has 3 nitrogen and oxygen atoms in total. The van der Waals surface area contributed by atoms with Gasteiger partial charge in [0, 0.05) is 0 Å². The second-order valence-corrected chi connectivity index (χ2v) is 2.55. The average molecular weight is 146 g/mol. The fourth-order valence-electron chi connectivity index (χ4n) is 0.652. The molecule has 0 aromatic carbocycles. The van der Waals surface area contributed by atoms with Gasteiger partial charge in [-0.3, -0.25) is 4.79 Å². The number of aliphatic hydroxyl groups is 1. The van der Waals surface area contributed by atoms with E-state index in [4.69, 9.17) is 10.2 Å². The molecule has 0 aliphatic carbocycles. The Labute approximate surface area is 60.7 Å². The van der Waals surface area contributed by atoms with Gasteiger partial charge in [-0.2, -0.15) is 0 Å². The number of carbonyl (C=O) groups is 1. The molecule has 0 spiro atoms. The first-order valence-electron chi connectivity index (χ1n) is 3.47. The van der Waals surface area contributed by atoms with Crippen LogP contribution in [0.5, 0.6) is 0 Å². The zero-order valence-corrected chi connectivity index (χ0v) is 6.37. The van der Waals surface area contributed by atoms with Crippen LogP contribution in [-0.2, 0) is 4.79 Å². The highest BCUT2D eigenvalue weighted by molar-refractivity contribution is 5.67. The lowest BCUT2D eigenvalue weighted by Gasteiger charge is -2.13. The highest BCUT2D eigenvalue weighted by Gasteiger charge is 2.14. The van der Waals surface area contributed by atoms with E-state index in [9.17, 15) is 4.79 Å². The summed E-state index contributed by atoms with van der Waals surface area (Å²) >= 11 is 0. The standard InChI is InChI=1S/C7H14O3/c1-3-5(2)6(8)4-7(9)10/h5-6,8H,3-4H2,1-2H3,(H,9,10). The molecule has 0 aromatic rings. The van der Waals surface area contributed by atoms with Crippen molar-refractivity contribution in [3.05, 3.63) is 0 Å². The van der Waals surface area contributed by atoms with Crippen LogP contribution in [0.15, 0.2) is 0 Å². The summed E-state index contributed by atoms with van der Waals surface area (Å²) < 4.78 is 0. The van der Waals surface area contributed by atoms with E-state index in [2.05, 4.69) is 0 Å². The van der Waals surface area contributed by atoms with Gasteiger partial charge in [0.15, 0.2) is 0 Å². The fraction of sp³-hybridized carbons (Fsp3) is 0.857.